The summed E-state index contributed by atoms with van der Waals surface area (Å²) in [5.74, 6) is -2.10. The molecule has 0 radical (unpaired) electrons. The molecule has 1 aromatic rings. The Bertz CT molecular complexity index is 445. The van der Waals surface area contributed by atoms with Crippen LogP contribution in [0.5, 0.6) is 0 Å². The number of aliphatic hydroxyl groups excluding tert-OH is 1. The molecule has 0 atom stereocenters. The molecule has 0 aromatic heterocycles. The highest BCUT2D eigenvalue weighted by Gasteiger charge is 2.36. The Balaban J connectivity index is 2.45. The normalized spacial score (nSPS) is 19.0. The molecule has 4 heteroatoms. The van der Waals surface area contributed by atoms with Gasteiger partial charge in [0.15, 0.2) is 0 Å². The minimum absolute atomic E-state index is 0.0555. The molecule has 1 aliphatic heterocycles. The van der Waals surface area contributed by atoms with E-state index < -0.39 is 17.7 Å². The summed E-state index contributed by atoms with van der Waals surface area (Å²) in [4.78, 5) is 11.7. The summed E-state index contributed by atoms with van der Waals surface area (Å²) in [6.45, 7) is 3.12. The van der Waals surface area contributed by atoms with E-state index in [1.165, 1.54) is 0 Å². The van der Waals surface area contributed by atoms with E-state index in [-0.39, 0.29) is 5.57 Å². The number of ether oxygens (including phenoxy) is 2. The summed E-state index contributed by atoms with van der Waals surface area (Å²) in [5, 5.41) is 9.68. The molecule has 1 aliphatic rings. The lowest BCUT2D eigenvalue weighted by atomic mass is 10.1. The fourth-order valence-corrected chi connectivity index (χ4v) is 1.51. The van der Waals surface area contributed by atoms with Crippen molar-refractivity contribution < 1.29 is 19.4 Å². The molecule has 0 aliphatic carbocycles. The monoisotopic (exact) mass is 220 g/mol. The highest BCUT2D eigenvalue weighted by atomic mass is 16.8. The second-order valence-corrected chi connectivity index (χ2v) is 3.94. The maximum absolute atomic E-state index is 11.7. The van der Waals surface area contributed by atoms with Crippen LogP contribution in [0.1, 0.15) is 19.4 Å². The Hall–Kier alpha value is -1.97. The third kappa shape index (κ3) is 1.86. The molecule has 0 fully saturated rings. The van der Waals surface area contributed by atoms with Gasteiger partial charge in [-0.05, 0) is 5.56 Å². The molecule has 2 rings (SSSR count). The molecular formula is C12H12O4. The highest BCUT2D eigenvalue weighted by molar-refractivity contribution is 6.17. The van der Waals surface area contributed by atoms with Gasteiger partial charge >= 0.3 is 5.97 Å². The molecule has 0 saturated carbocycles. The summed E-state index contributed by atoms with van der Waals surface area (Å²) in [5.41, 5.74) is 0.625. The lowest BCUT2D eigenvalue weighted by Crippen LogP contribution is -2.36. The number of carbonyl (C=O) groups excluding carboxylic acids is 1. The van der Waals surface area contributed by atoms with Crippen molar-refractivity contribution in [3.63, 3.8) is 0 Å². The lowest BCUT2D eigenvalue weighted by molar-refractivity contribution is -0.216. The Morgan fingerprint density at radius 1 is 1.12 bits per heavy atom. The van der Waals surface area contributed by atoms with Crippen LogP contribution >= 0.6 is 0 Å². The zero-order chi connectivity index (χ0) is 11.8. The van der Waals surface area contributed by atoms with Crippen molar-refractivity contribution >= 4 is 11.5 Å². The fourth-order valence-electron chi connectivity index (χ4n) is 1.51. The Kier molecular flexibility index (Phi) is 2.34. The summed E-state index contributed by atoms with van der Waals surface area (Å²) < 4.78 is 10.1. The SMILES string of the molecule is CC1(C)OC(=O)C(c2ccccc2)=C(O)O1. The molecule has 0 spiro atoms. The van der Waals surface area contributed by atoms with Crippen LogP contribution in [-0.4, -0.2) is 16.9 Å². The first-order chi connectivity index (χ1) is 7.49. The van der Waals surface area contributed by atoms with E-state index in [2.05, 4.69) is 0 Å². The van der Waals surface area contributed by atoms with Gasteiger partial charge in [-0.1, -0.05) is 30.3 Å². The van der Waals surface area contributed by atoms with Crippen LogP contribution in [0, 0.1) is 0 Å². The maximum atomic E-state index is 11.7. The second kappa shape index (κ2) is 3.56. The van der Waals surface area contributed by atoms with Crippen LogP contribution in [0.4, 0.5) is 0 Å². The van der Waals surface area contributed by atoms with Crippen molar-refractivity contribution in [1.82, 2.24) is 0 Å². The van der Waals surface area contributed by atoms with Crippen molar-refractivity contribution in [2.24, 2.45) is 0 Å². The van der Waals surface area contributed by atoms with Crippen molar-refractivity contribution in [2.75, 3.05) is 0 Å². The third-order valence-corrected chi connectivity index (χ3v) is 2.16. The number of hydrogen-bond acceptors (Lipinski definition) is 4. The van der Waals surface area contributed by atoms with Gasteiger partial charge in [0.25, 0.3) is 11.7 Å². The van der Waals surface area contributed by atoms with E-state index in [4.69, 9.17) is 9.47 Å². The smallest absolute Gasteiger partial charge is 0.349 e. The molecule has 84 valence electrons. The van der Waals surface area contributed by atoms with Gasteiger partial charge in [-0.3, -0.25) is 0 Å². The number of aliphatic hydroxyl groups is 1. The number of rotatable bonds is 1. The van der Waals surface area contributed by atoms with Crippen LogP contribution in [-0.2, 0) is 14.3 Å². The lowest BCUT2D eigenvalue weighted by Gasteiger charge is -2.30. The topological polar surface area (TPSA) is 55.8 Å². The van der Waals surface area contributed by atoms with Gasteiger partial charge in [0.2, 0.25) is 0 Å². The molecule has 1 heterocycles. The van der Waals surface area contributed by atoms with E-state index in [0.717, 1.165) is 0 Å². The molecule has 1 aromatic carbocycles. The van der Waals surface area contributed by atoms with Crippen molar-refractivity contribution in [2.45, 2.75) is 19.6 Å². The van der Waals surface area contributed by atoms with Gasteiger partial charge in [0.1, 0.15) is 5.57 Å². The Morgan fingerprint density at radius 3 is 2.31 bits per heavy atom. The number of benzene rings is 1. The predicted molar refractivity (Wildman–Crippen MR) is 57.2 cm³/mol. The van der Waals surface area contributed by atoms with E-state index in [0.29, 0.717) is 5.56 Å². The molecule has 0 bridgehead atoms. The largest absolute Gasteiger partial charge is 0.480 e. The average molecular weight is 220 g/mol. The van der Waals surface area contributed by atoms with E-state index in [1.807, 2.05) is 6.07 Å². The first kappa shape index (κ1) is 10.5. The first-order valence-corrected chi connectivity index (χ1v) is 4.90. The predicted octanol–water partition coefficient (Wildman–Crippen LogP) is 2.22. The minimum Gasteiger partial charge on any atom is -0.480 e. The van der Waals surface area contributed by atoms with E-state index >= 15 is 0 Å². The molecule has 0 saturated heterocycles. The summed E-state index contributed by atoms with van der Waals surface area (Å²) in [7, 11) is 0. The highest BCUT2D eigenvalue weighted by Crippen LogP contribution is 2.30. The molecular weight excluding hydrogens is 208 g/mol. The zero-order valence-electron chi connectivity index (χ0n) is 9.06. The van der Waals surface area contributed by atoms with Gasteiger partial charge in [0.05, 0.1) is 0 Å². The van der Waals surface area contributed by atoms with Crippen LogP contribution in [0.15, 0.2) is 36.3 Å². The van der Waals surface area contributed by atoms with Crippen LogP contribution in [0.2, 0.25) is 0 Å². The zero-order valence-corrected chi connectivity index (χ0v) is 9.06. The molecule has 0 unspecified atom stereocenters. The quantitative estimate of drug-likeness (QED) is 0.737. The number of cyclic esters (lactones) is 1. The molecule has 0 amide bonds. The molecule has 1 N–H and O–H groups in total. The van der Waals surface area contributed by atoms with E-state index in [1.54, 1.807) is 38.1 Å². The van der Waals surface area contributed by atoms with Crippen molar-refractivity contribution in [3.05, 3.63) is 41.8 Å². The fraction of sp³-hybridized carbons (Fsp3) is 0.250. The number of esters is 1. The van der Waals surface area contributed by atoms with Gasteiger partial charge < -0.3 is 14.6 Å². The first-order valence-electron chi connectivity index (χ1n) is 4.90. The van der Waals surface area contributed by atoms with Gasteiger partial charge in [0, 0.05) is 13.8 Å². The summed E-state index contributed by atoms with van der Waals surface area (Å²) >= 11 is 0. The number of carbonyl (C=O) groups is 1. The summed E-state index contributed by atoms with van der Waals surface area (Å²) in [6.07, 6.45) is 0. The summed E-state index contributed by atoms with van der Waals surface area (Å²) in [6, 6.07) is 8.76. The standard InChI is InChI=1S/C12H12O4/c1-12(2)15-10(13)9(11(14)16-12)8-6-4-3-5-7-8/h3-7,13H,1-2H3. The Morgan fingerprint density at radius 2 is 1.75 bits per heavy atom. The van der Waals surface area contributed by atoms with Crippen molar-refractivity contribution in [1.29, 1.82) is 0 Å². The minimum atomic E-state index is -1.13. The maximum Gasteiger partial charge on any atom is 0.349 e. The van der Waals surface area contributed by atoms with Crippen LogP contribution in [0.25, 0.3) is 5.57 Å². The van der Waals surface area contributed by atoms with E-state index in [9.17, 15) is 9.90 Å². The van der Waals surface area contributed by atoms with Crippen LogP contribution in [0.3, 0.4) is 0 Å². The Labute approximate surface area is 93.1 Å². The second-order valence-electron chi connectivity index (χ2n) is 3.94. The molecule has 4 nitrogen and oxygen atoms in total. The van der Waals surface area contributed by atoms with Gasteiger partial charge in [-0.15, -0.1) is 0 Å². The van der Waals surface area contributed by atoms with Gasteiger partial charge in [-0.25, -0.2) is 4.79 Å². The van der Waals surface area contributed by atoms with Crippen LogP contribution < -0.4 is 0 Å². The molecule has 16 heavy (non-hydrogen) atoms. The third-order valence-electron chi connectivity index (χ3n) is 2.16. The average Bonchev–Trinajstić information content (AvgIpc) is 2.16. The van der Waals surface area contributed by atoms with Crippen molar-refractivity contribution in [3.8, 4) is 0 Å². The van der Waals surface area contributed by atoms with Gasteiger partial charge in [-0.2, -0.15) is 0 Å². The number of hydrogen-bond donors (Lipinski definition) is 1.